The fraction of sp³-hybridized carbons (Fsp3) is 0.286. The summed E-state index contributed by atoms with van der Waals surface area (Å²) in [7, 11) is 1.67. The number of ether oxygens (including phenoxy) is 1. The Labute approximate surface area is 144 Å². The van der Waals surface area contributed by atoms with Crippen LogP contribution in [0, 0.1) is 0 Å². The second kappa shape index (κ2) is 7.27. The van der Waals surface area contributed by atoms with Gasteiger partial charge in [0.05, 0.1) is 21.4 Å². The molecule has 2 nitrogen and oxygen atoms in total. The van der Waals surface area contributed by atoms with Crippen LogP contribution in [0.2, 0.25) is 5.02 Å². The van der Waals surface area contributed by atoms with Crippen LogP contribution in [-0.2, 0) is 0 Å². The van der Waals surface area contributed by atoms with Gasteiger partial charge in [0.1, 0.15) is 5.75 Å². The molecule has 1 aromatic carbocycles. The molecule has 1 heterocycles. The van der Waals surface area contributed by atoms with Crippen molar-refractivity contribution >= 4 is 54.8 Å². The monoisotopic (exact) mass is 437 g/mol. The summed E-state index contributed by atoms with van der Waals surface area (Å²) in [6, 6.07) is 5.96. The van der Waals surface area contributed by atoms with E-state index in [1.807, 2.05) is 12.1 Å². The van der Waals surface area contributed by atoms with Gasteiger partial charge in [0.2, 0.25) is 0 Å². The van der Waals surface area contributed by atoms with Crippen LogP contribution in [0.5, 0.6) is 5.75 Å². The van der Waals surface area contributed by atoms with Crippen molar-refractivity contribution in [2.75, 3.05) is 13.7 Å². The number of hydrogen-bond donors (Lipinski definition) is 1. The molecule has 6 heteroatoms. The van der Waals surface area contributed by atoms with E-state index in [2.05, 4.69) is 55.5 Å². The Morgan fingerprint density at radius 2 is 2.10 bits per heavy atom. The van der Waals surface area contributed by atoms with E-state index in [0.29, 0.717) is 5.02 Å². The van der Waals surface area contributed by atoms with Crippen LogP contribution in [0.1, 0.15) is 24.1 Å². The van der Waals surface area contributed by atoms with Gasteiger partial charge in [-0.15, -0.1) is 11.3 Å². The normalized spacial score (nSPS) is 12.4. The van der Waals surface area contributed by atoms with Gasteiger partial charge < -0.3 is 10.1 Å². The number of rotatable bonds is 5. The third kappa shape index (κ3) is 3.57. The van der Waals surface area contributed by atoms with E-state index in [1.54, 1.807) is 18.4 Å². The van der Waals surface area contributed by atoms with Crippen molar-refractivity contribution < 1.29 is 4.74 Å². The van der Waals surface area contributed by atoms with E-state index in [9.17, 15) is 0 Å². The van der Waals surface area contributed by atoms with E-state index in [0.717, 1.165) is 26.1 Å². The first-order valence-corrected chi connectivity index (χ1v) is 8.91. The molecule has 1 N–H and O–H groups in total. The zero-order valence-electron chi connectivity index (χ0n) is 11.0. The van der Waals surface area contributed by atoms with Crippen molar-refractivity contribution in [3.63, 3.8) is 0 Å². The molecule has 0 spiro atoms. The lowest BCUT2D eigenvalue weighted by Gasteiger charge is -2.21. The predicted molar refractivity (Wildman–Crippen MR) is 93.2 cm³/mol. The van der Waals surface area contributed by atoms with Crippen LogP contribution in [-0.4, -0.2) is 13.7 Å². The van der Waals surface area contributed by atoms with E-state index in [1.165, 1.54) is 5.56 Å². The maximum atomic E-state index is 6.20. The van der Waals surface area contributed by atoms with Crippen molar-refractivity contribution in [3.05, 3.63) is 48.0 Å². The number of hydrogen-bond acceptors (Lipinski definition) is 3. The number of nitrogens with one attached hydrogen (secondary N) is 1. The third-order valence-electron chi connectivity index (χ3n) is 2.88. The highest BCUT2D eigenvalue weighted by Gasteiger charge is 2.21. The van der Waals surface area contributed by atoms with Crippen LogP contribution in [0.3, 0.4) is 0 Å². The average Bonchev–Trinajstić information content (AvgIpc) is 2.81. The highest BCUT2D eigenvalue weighted by molar-refractivity contribution is 9.11. The molecule has 2 rings (SSSR count). The SMILES string of the molecule is CCNC(c1csc(Br)c1)c1cc(Cl)cc(Br)c1OC. The Kier molecular flexibility index (Phi) is 5.93. The molecule has 0 radical (unpaired) electrons. The molecule has 0 bridgehead atoms. The third-order valence-corrected chi connectivity index (χ3v) is 5.21. The van der Waals surface area contributed by atoms with E-state index < -0.39 is 0 Å². The molecular formula is C14H14Br2ClNOS. The van der Waals surface area contributed by atoms with Crippen LogP contribution < -0.4 is 10.1 Å². The lowest BCUT2D eigenvalue weighted by atomic mass is 10.00. The molecule has 0 aliphatic rings. The van der Waals surface area contributed by atoms with Gasteiger partial charge in [0, 0.05) is 10.6 Å². The minimum absolute atomic E-state index is 0.0486. The molecule has 0 saturated carbocycles. The van der Waals surface area contributed by atoms with Crippen molar-refractivity contribution in [3.8, 4) is 5.75 Å². The predicted octanol–water partition coefficient (Wildman–Crippen LogP) is 5.63. The molecule has 20 heavy (non-hydrogen) atoms. The number of methoxy groups -OCH3 is 1. The molecule has 1 atom stereocenters. The largest absolute Gasteiger partial charge is 0.495 e. The summed E-state index contributed by atoms with van der Waals surface area (Å²) in [6.45, 7) is 2.94. The average molecular weight is 440 g/mol. The van der Waals surface area contributed by atoms with Gasteiger partial charge in [-0.05, 0) is 67.5 Å². The van der Waals surface area contributed by atoms with Gasteiger partial charge in [0.15, 0.2) is 0 Å². The van der Waals surface area contributed by atoms with Gasteiger partial charge in [-0.2, -0.15) is 0 Å². The van der Waals surface area contributed by atoms with Gasteiger partial charge in [-0.3, -0.25) is 0 Å². The minimum atomic E-state index is 0.0486. The summed E-state index contributed by atoms with van der Waals surface area (Å²) >= 11 is 14.9. The fourth-order valence-corrected chi connectivity index (χ4v) is 4.29. The molecule has 0 fully saturated rings. The maximum Gasteiger partial charge on any atom is 0.138 e. The minimum Gasteiger partial charge on any atom is -0.495 e. The zero-order chi connectivity index (χ0) is 14.7. The molecule has 108 valence electrons. The number of halogens is 3. The van der Waals surface area contributed by atoms with E-state index in [4.69, 9.17) is 16.3 Å². The van der Waals surface area contributed by atoms with E-state index in [-0.39, 0.29) is 6.04 Å². The molecule has 0 aliphatic heterocycles. The topological polar surface area (TPSA) is 21.3 Å². The molecule has 0 saturated heterocycles. The molecule has 1 unspecified atom stereocenters. The Hall–Kier alpha value is -0.0700. The van der Waals surface area contributed by atoms with Crippen molar-refractivity contribution in [1.29, 1.82) is 0 Å². The second-order valence-electron chi connectivity index (χ2n) is 4.18. The Balaban J connectivity index is 2.54. The van der Waals surface area contributed by atoms with Crippen molar-refractivity contribution in [1.82, 2.24) is 5.32 Å². The van der Waals surface area contributed by atoms with E-state index >= 15 is 0 Å². The first-order chi connectivity index (χ1) is 9.56. The molecule has 2 aromatic rings. The molecule has 1 aromatic heterocycles. The van der Waals surface area contributed by atoms with Crippen LogP contribution >= 0.6 is 54.8 Å². The highest BCUT2D eigenvalue weighted by Crippen LogP contribution is 2.39. The summed E-state index contributed by atoms with van der Waals surface area (Å²) in [4.78, 5) is 0. The van der Waals surface area contributed by atoms with Crippen LogP contribution in [0.15, 0.2) is 31.8 Å². The summed E-state index contributed by atoms with van der Waals surface area (Å²) in [6.07, 6.45) is 0. The lowest BCUT2D eigenvalue weighted by Crippen LogP contribution is -2.22. The smallest absolute Gasteiger partial charge is 0.138 e. The first kappa shape index (κ1) is 16.3. The number of thiophene rings is 1. The maximum absolute atomic E-state index is 6.20. The molecule has 0 amide bonds. The second-order valence-corrected chi connectivity index (χ2v) is 7.77. The summed E-state index contributed by atoms with van der Waals surface area (Å²) in [5.74, 6) is 0.808. The zero-order valence-corrected chi connectivity index (χ0v) is 15.8. The van der Waals surface area contributed by atoms with Crippen molar-refractivity contribution in [2.24, 2.45) is 0 Å². The summed E-state index contributed by atoms with van der Waals surface area (Å²) < 4.78 is 7.50. The van der Waals surface area contributed by atoms with Crippen molar-refractivity contribution in [2.45, 2.75) is 13.0 Å². The van der Waals surface area contributed by atoms with Gasteiger partial charge >= 0.3 is 0 Å². The highest BCUT2D eigenvalue weighted by atomic mass is 79.9. The van der Waals surface area contributed by atoms with Gasteiger partial charge in [-0.25, -0.2) is 0 Å². The van der Waals surface area contributed by atoms with Crippen LogP contribution in [0.25, 0.3) is 0 Å². The summed E-state index contributed by atoms with van der Waals surface area (Å²) in [5, 5.41) is 6.30. The fourth-order valence-electron chi connectivity index (χ4n) is 2.10. The van der Waals surface area contributed by atoms with Gasteiger partial charge in [0.25, 0.3) is 0 Å². The van der Waals surface area contributed by atoms with Crippen LogP contribution in [0.4, 0.5) is 0 Å². The summed E-state index contributed by atoms with van der Waals surface area (Å²) in [5.41, 5.74) is 2.22. The lowest BCUT2D eigenvalue weighted by molar-refractivity contribution is 0.402. The quantitative estimate of drug-likeness (QED) is 0.652. The number of benzene rings is 1. The molecular weight excluding hydrogens is 425 g/mol. The molecule has 0 aliphatic carbocycles. The Morgan fingerprint density at radius 3 is 2.65 bits per heavy atom. The Morgan fingerprint density at radius 1 is 1.35 bits per heavy atom. The first-order valence-electron chi connectivity index (χ1n) is 6.07. The van der Waals surface area contributed by atoms with Gasteiger partial charge in [-0.1, -0.05) is 18.5 Å². The Bertz CT molecular complexity index is 603. The standard InChI is InChI=1S/C14H14Br2ClNOS/c1-3-18-13(8-4-12(16)20-7-8)10-5-9(17)6-11(15)14(10)19-2/h4-7,13,18H,3H2,1-2H3.